The lowest BCUT2D eigenvalue weighted by molar-refractivity contribution is 0.0949. The normalized spacial score (nSPS) is 10.5. The smallest absolute Gasteiger partial charge is 0.251 e. The zero-order valence-corrected chi connectivity index (χ0v) is 13.9. The molecule has 0 aliphatic rings. The van der Waals surface area contributed by atoms with Crippen molar-refractivity contribution in [1.29, 1.82) is 0 Å². The largest absolute Gasteiger partial charge is 0.493 e. The first-order valence-corrected chi connectivity index (χ1v) is 7.21. The standard InChI is InChI=1S/C14H21BrN2O3/c1-5-17(2)7-6-16-14(18)10-8-11(15)13(20-4)12(9-10)19-3/h8-9H,5-7H2,1-4H3,(H,16,18). The van der Waals surface area contributed by atoms with Gasteiger partial charge in [0, 0.05) is 18.7 Å². The van der Waals surface area contributed by atoms with Gasteiger partial charge < -0.3 is 19.7 Å². The van der Waals surface area contributed by atoms with Gasteiger partial charge in [0.1, 0.15) is 0 Å². The molecule has 0 aromatic heterocycles. The lowest BCUT2D eigenvalue weighted by atomic mass is 10.2. The highest BCUT2D eigenvalue weighted by atomic mass is 79.9. The molecular formula is C14H21BrN2O3. The number of rotatable bonds is 7. The number of hydrogen-bond acceptors (Lipinski definition) is 4. The average molecular weight is 345 g/mol. The van der Waals surface area contributed by atoms with E-state index in [2.05, 4.69) is 33.1 Å². The van der Waals surface area contributed by atoms with Crippen molar-refractivity contribution in [3.63, 3.8) is 0 Å². The van der Waals surface area contributed by atoms with Gasteiger partial charge in [0.25, 0.3) is 5.91 Å². The highest BCUT2D eigenvalue weighted by Crippen LogP contribution is 2.36. The highest BCUT2D eigenvalue weighted by Gasteiger charge is 2.14. The molecule has 0 saturated carbocycles. The predicted molar refractivity (Wildman–Crippen MR) is 82.8 cm³/mol. The third-order valence-corrected chi connectivity index (χ3v) is 3.60. The van der Waals surface area contributed by atoms with E-state index < -0.39 is 0 Å². The third-order valence-electron chi connectivity index (χ3n) is 3.01. The first-order chi connectivity index (χ1) is 9.53. The number of carbonyl (C=O) groups is 1. The summed E-state index contributed by atoms with van der Waals surface area (Å²) < 4.78 is 11.1. The van der Waals surface area contributed by atoms with Gasteiger partial charge >= 0.3 is 0 Å². The Labute approximate surface area is 128 Å². The molecule has 0 spiro atoms. The number of halogens is 1. The number of methoxy groups -OCH3 is 2. The highest BCUT2D eigenvalue weighted by molar-refractivity contribution is 9.10. The number of hydrogen-bond donors (Lipinski definition) is 1. The molecule has 0 atom stereocenters. The molecule has 0 aliphatic heterocycles. The molecule has 0 unspecified atom stereocenters. The minimum absolute atomic E-state index is 0.129. The van der Waals surface area contributed by atoms with Gasteiger partial charge in [-0.05, 0) is 41.7 Å². The zero-order valence-electron chi connectivity index (χ0n) is 12.3. The first kappa shape index (κ1) is 16.8. The Kier molecular flexibility index (Phi) is 6.81. The Balaban J connectivity index is 2.76. The summed E-state index contributed by atoms with van der Waals surface area (Å²) >= 11 is 3.38. The van der Waals surface area contributed by atoms with Crippen LogP contribution in [0, 0.1) is 0 Å². The molecular weight excluding hydrogens is 324 g/mol. The second kappa shape index (κ2) is 8.11. The Bertz CT molecular complexity index is 466. The zero-order chi connectivity index (χ0) is 15.1. The molecule has 0 bridgehead atoms. The Morgan fingerprint density at radius 3 is 2.60 bits per heavy atom. The third kappa shape index (κ3) is 4.38. The molecule has 0 fully saturated rings. The Hall–Kier alpha value is -1.27. The van der Waals surface area contributed by atoms with Gasteiger partial charge in [-0.15, -0.1) is 0 Å². The van der Waals surface area contributed by atoms with Crippen molar-refractivity contribution in [2.45, 2.75) is 6.92 Å². The van der Waals surface area contributed by atoms with E-state index in [0.29, 0.717) is 28.1 Å². The number of likely N-dealkylation sites (N-methyl/N-ethyl adjacent to an activating group) is 1. The van der Waals surface area contributed by atoms with Crippen molar-refractivity contribution in [1.82, 2.24) is 10.2 Å². The number of carbonyl (C=O) groups excluding carboxylic acids is 1. The predicted octanol–water partition coefficient (Wildman–Crippen LogP) is 2.15. The summed E-state index contributed by atoms with van der Waals surface area (Å²) in [5.74, 6) is 0.976. The monoisotopic (exact) mass is 344 g/mol. The van der Waals surface area contributed by atoms with Crippen LogP contribution >= 0.6 is 15.9 Å². The van der Waals surface area contributed by atoms with Crippen molar-refractivity contribution < 1.29 is 14.3 Å². The first-order valence-electron chi connectivity index (χ1n) is 6.41. The van der Waals surface area contributed by atoms with E-state index in [1.807, 2.05) is 7.05 Å². The molecule has 1 amide bonds. The molecule has 1 rings (SSSR count). The van der Waals surface area contributed by atoms with Crippen LogP contribution in [0.1, 0.15) is 17.3 Å². The van der Waals surface area contributed by atoms with Crippen LogP contribution in [0.5, 0.6) is 11.5 Å². The maximum absolute atomic E-state index is 12.1. The fourth-order valence-electron chi connectivity index (χ4n) is 1.67. The molecule has 0 aliphatic carbocycles. The van der Waals surface area contributed by atoms with Crippen molar-refractivity contribution in [2.24, 2.45) is 0 Å². The molecule has 0 radical (unpaired) electrons. The minimum atomic E-state index is -0.129. The van der Waals surface area contributed by atoms with E-state index in [1.165, 1.54) is 0 Å². The summed E-state index contributed by atoms with van der Waals surface area (Å²) in [5.41, 5.74) is 0.536. The number of nitrogens with one attached hydrogen (secondary N) is 1. The van der Waals surface area contributed by atoms with Gasteiger partial charge in [-0.2, -0.15) is 0 Å². The number of ether oxygens (including phenoxy) is 2. The lowest BCUT2D eigenvalue weighted by Crippen LogP contribution is -2.32. The molecule has 20 heavy (non-hydrogen) atoms. The van der Waals surface area contributed by atoms with Crippen LogP contribution in [-0.4, -0.2) is 51.7 Å². The Morgan fingerprint density at radius 1 is 1.35 bits per heavy atom. The topological polar surface area (TPSA) is 50.8 Å². The van der Waals surface area contributed by atoms with Gasteiger partial charge in [0.05, 0.1) is 18.7 Å². The van der Waals surface area contributed by atoms with Gasteiger partial charge in [-0.25, -0.2) is 0 Å². The van der Waals surface area contributed by atoms with Crippen LogP contribution in [0.15, 0.2) is 16.6 Å². The van der Waals surface area contributed by atoms with Crippen LogP contribution in [0.25, 0.3) is 0 Å². The van der Waals surface area contributed by atoms with E-state index >= 15 is 0 Å². The van der Waals surface area contributed by atoms with Crippen LogP contribution in [-0.2, 0) is 0 Å². The van der Waals surface area contributed by atoms with Gasteiger partial charge in [0.15, 0.2) is 11.5 Å². The SMILES string of the molecule is CCN(C)CCNC(=O)c1cc(Br)c(OC)c(OC)c1. The molecule has 1 aromatic rings. The lowest BCUT2D eigenvalue weighted by Gasteiger charge is -2.15. The second-order valence-electron chi connectivity index (χ2n) is 4.35. The fourth-order valence-corrected chi connectivity index (χ4v) is 2.27. The van der Waals surface area contributed by atoms with Gasteiger partial charge in [0.2, 0.25) is 0 Å². The van der Waals surface area contributed by atoms with E-state index in [9.17, 15) is 4.79 Å². The summed E-state index contributed by atoms with van der Waals surface area (Å²) in [7, 11) is 5.12. The van der Waals surface area contributed by atoms with E-state index in [1.54, 1.807) is 26.4 Å². The maximum Gasteiger partial charge on any atom is 0.251 e. The quantitative estimate of drug-likeness (QED) is 0.823. The summed E-state index contributed by atoms with van der Waals surface area (Å²) in [4.78, 5) is 14.2. The van der Waals surface area contributed by atoms with Crippen LogP contribution in [0.4, 0.5) is 0 Å². The van der Waals surface area contributed by atoms with E-state index in [-0.39, 0.29) is 5.91 Å². The summed E-state index contributed by atoms with van der Waals surface area (Å²) in [6.45, 7) is 4.46. The van der Waals surface area contributed by atoms with E-state index in [4.69, 9.17) is 9.47 Å². The molecule has 5 nitrogen and oxygen atoms in total. The van der Waals surface area contributed by atoms with Crippen molar-refractivity contribution >= 4 is 21.8 Å². The molecule has 1 aromatic carbocycles. The minimum Gasteiger partial charge on any atom is -0.493 e. The molecule has 0 saturated heterocycles. The summed E-state index contributed by atoms with van der Waals surface area (Å²) in [6, 6.07) is 3.39. The fraction of sp³-hybridized carbons (Fsp3) is 0.500. The molecule has 0 heterocycles. The second-order valence-corrected chi connectivity index (χ2v) is 5.20. The summed E-state index contributed by atoms with van der Waals surface area (Å²) in [5, 5.41) is 2.88. The number of nitrogens with zero attached hydrogens (tertiary/aromatic N) is 1. The van der Waals surface area contributed by atoms with Crippen molar-refractivity contribution in [3.8, 4) is 11.5 Å². The van der Waals surface area contributed by atoms with Crippen molar-refractivity contribution in [3.05, 3.63) is 22.2 Å². The van der Waals surface area contributed by atoms with Gasteiger partial charge in [-0.1, -0.05) is 6.92 Å². The summed E-state index contributed by atoms with van der Waals surface area (Å²) in [6.07, 6.45) is 0. The number of amides is 1. The van der Waals surface area contributed by atoms with Gasteiger partial charge in [-0.3, -0.25) is 4.79 Å². The van der Waals surface area contributed by atoms with Crippen molar-refractivity contribution in [2.75, 3.05) is 40.9 Å². The van der Waals surface area contributed by atoms with Crippen LogP contribution in [0.2, 0.25) is 0 Å². The molecule has 1 N–H and O–H groups in total. The Morgan fingerprint density at radius 2 is 2.05 bits per heavy atom. The molecule has 112 valence electrons. The number of benzene rings is 1. The van der Waals surface area contributed by atoms with E-state index in [0.717, 1.165) is 13.1 Å². The van der Waals surface area contributed by atoms with Crippen LogP contribution < -0.4 is 14.8 Å². The average Bonchev–Trinajstić information content (AvgIpc) is 2.45. The molecule has 6 heteroatoms. The maximum atomic E-state index is 12.1. The van der Waals surface area contributed by atoms with Crippen LogP contribution in [0.3, 0.4) is 0 Å².